The van der Waals surface area contributed by atoms with Gasteiger partial charge in [-0.1, -0.05) is 6.07 Å². The lowest BCUT2D eigenvalue weighted by molar-refractivity contribution is -0.134. The third-order valence-corrected chi connectivity index (χ3v) is 5.64. The van der Waals surface area contributed by atoms with Gasteiger partial charge in [0.1, 0.15) is 10.7 Å². The summed E-state index contributed by atoms with van der Waals surface area (Å²) in [4.78, 5) is 4.34. The first-order valence-electron chi connectivity index (χ1n) is 6.72. The lowest BCUT2D eigenvalue weighted by Crippen LogP contribution is -2.28. The zero-order chi connectivity index (χ0) is 15.7. The lowest BCUT2D eigenvalue weighted by atomic mass is 10.0. The Balaban J connectivity index is 1.73. The molecule has 1 atom stereocenters. The normalized spacial score (nSPS) is 17.9. The molecule has 2 aromatic heterocycles. The van der Waals surface area contributed by atoms with Gasteiger partial charge in [-0.25, -0.2) is 4.98 Å². The summed E-state index contributed by atoms with van der Waals surface area (Å²) in [6, 6.07) is 5.08. The summed E-state index contributed by atoms with van der Waals surface area (Å²) in [6.45, 7) is 1.18. The molecule has 1 aliphatic heterocycles. The summed E-state index contributed by atoms with van der Waals surface area (Å²) in [5, 5.41) is 6.55. The molecule has 1 unspecified atom stereocenters. The minimum absolute atomic E-state index is 0.0910. The monoisotopic (exact) mass is 391 g/mol. The van der Waals surface area contributed by atoms with Crippen LogP contribution in [-0.2, 0) is 12.7 Å². The SMILES string of the molecule is FC(F)(F)c1cc(Br)c(CNC2CCNc3ncccc32)s1. The molecule has 0 saturated carbocycles. The van der Waals surface area contributed by atoms with Crippen molar-refractivity contribution in [3.05, 3.63) is 44.2 Å². The average Bonchev–Trinajstić information content (AvgIpc) is 2.86. The lowest BCUT2D eigenvalue weighted by Gasteiger charge is -2.26. The Hall–Kier alpha value is -1.12. The number of alkyl halides is 3. The van der Waals surface area contributed by atoms with Crippen molar-refractivity contribution in [1.82, 2.24) is 10.3 Å². The van der Waals surface area contributed by atoms with Gasteiger partial charge in [0.05, 0.1) is 0 Å². The predicted octanol–water partition coefficient (Wildman–Crippen LogP) is 4.57. The predicted molar refractivity (Wildman–Crippen MR) is 83.9 cm³/mol. The van der Waals surface area contributed by atoms with Gasteiger partial charge in [0.25, 0.3) is 0 Å². The third kappa shape index (κ3) is 3.28. The van der Waals surface area contributed by atoms with Crippen LogP contribution in [0.5, 0.6) is 0 Å². The number of thiophene rings is 1. The molecule has 0 radical (unpaired) electrons. The molecule has 3 heterocycles. The van der Waals surface area contributed by atoms with Gasteiger partial charge in [0, 0.05) is 40.2 Å². The fourth-order valence-corrected chi connectivity index (χ4v) is 4.07. The molecule has 0 amide bonds. The van der Waals surface area contributed by atoms with Crippen molar-refractivity contribution in [1.29, 1.82) is 0 Å². The molecule has 0 saturated heterocycles. The van der Waals surface area contributed by atoms with Crippen molar-refractivity contribution in [3.8, 4) is 0 Å². The molecule has 22 heavy (non-hydrogen) atoms. The summed E-state index contributed by atoms with van der Waals surface area (Å²) in [6.07, 6.45) is -1.70. The highest BCUT2D eigenvalue weighted by atomic mass is 79.9. The van der Waals surface area contributed by atoms with Gasteiger partial charge in [-0.3, -0.25) is 0 Å². The molecule has 118 valence electrons. The van der Waals surface area contributed by atoms with Crippen LogP contribution in [0.3, 0.4) is 0 Å². The number of fused-ring (bicyclic) bond motifs is 1. The second-order valence-electron chi connectivity index (χ2n) is 4.97. The van der Waals surface area contributed by atoms with Crippen LogP contribution in [0.4, 0.5) is 19.0 Å². The van der Waals surface area contributed by atoms with Gasteiger partial charge in [-0.15, -0.1) is 11.3 Å². The first-order chi connectivity index (χ1) is 10.4. The molecule has 0 aliphatic carbocycles. The molecular weight excluding hydrogens is 379 g/mol. The van der Waals surface area contributed by atoms with E-state index in [9.17, 15) is 13.2 Å². The van der Waals surface area contributed by atoms with Crippen LogP contribution in [0.15, 0.2) is 28.9 Å². The van der Waals surface area contributed by atoms with Gasteiger partial charge in [-0.2, -0.15) is 13.2 Å². The number of pyridine rings is 1. The molecule has 0 spiro atoms. The average molecular weight is 392 g/mol. The van der Waals surface area contributed by atoms with Gasteiger partial charge in [0.15, 0.2) is 0 Å². The zero-order valence-electron chi connectivity index (χ0n) is 11.4. The number of hydrogen-bond acceptors (Lipinski definition) is 4. The Kier molecular flexibility index (Phi) is 4.42. The van der Waals surface area contributed by atoms with E-state index in [-0.39, 0.29) is 6.04 Å². The van der Waals surface area contributed by atoms with Crippen molar-refractivity contribution in [2.75, 3.05) is 11.9 Å². The second kappa shape index (κ2) is 6.17. The first-order valence-corrected chi connectivity index (χ1v) is 8.33. The van der Waals surface area contributed by atoms with Crippen molar-refractivity contribution in [3.63, 3.8) is 0 Å². The van der Waals surface area contributed by atoms with Crippen LogP contribution >= 0.6 is 27.3 Å². The molecule has 3 rings (SSSR count). The first kappa shape index (κ1) is 15.8. The summed E-state index contributed by atoms with van der Waals surface area (Å²) in [5.74, 6) is 0.840. The van der Waals surface area contributed by atoms with E-state index in [0.717, 1.165) is 41.8 Å². The Morgan fingerprint density at radius 2 is 2.27 bits per heavy atom. The molecule has 2 aromatic rings. The van der Waals surface area contributed by atoms with Crippen LogP contribution < -0.4 is 10.6 Å². The van der Waals surface area contributed by atoms with Crippen LogP contribution in [0.1, 0.15) is 27.8 Å². The standard InChI is InChI=1S/C14H13BrF3N3S/c15-9-6-12(14(16,17)18)22-11(9)7-21-10-3-5-20-13-8(10)2-1-4-19-13/h1-2,4,6,10,21H,3,5,7H2,(H,19,20). The quantitative estimate of drug-likeness (QED) is 0.804. The van der Waals surface area contributed by atoms with E-state index in [1.807, 2.05) is 12.1 Å². The molecule has 0 aromatic carbocycles. The molecular formula is C14H13BrF3N3S. The van der Waals surface area contributed by atoms with Crippen molar-refractivity contribution >= 4 is 33.1 Å². The second-order valence-corrected chi connectivity index (χ2v) is 6.96. The molecule has 1 aliphatic rings. The molecule has 8 heteroatoms. The smallest absolute Gasteiger partial charge is 0.370 e. The maximum Gasteiger partial charge on any atom is 0.425 e. The maximum absolute atomic E-state index is 12.7. The summed E-state index contributed by atoms with van der Waals surface area (Å²) in [7, 11) is 0. The summed E-state index contributed by atoms with van der Waals surface area (Å²) < 4.78 is 38.7. The maximum atomic E-state index is 12.7. The topological polar surface area (TPSA) is 37.0 Å². The highest BCUT2D eigenvalue weighted by Gasteiger charge is 2.33. The van der Waals surface area contributed by atoms with E-state index in [2.05, 4.69) is 31.5 Å². The number of rotatable bonds is 3. The fraction of sp³-hybridized carbons (Fsp3) is 0.357. The Bertz CT molecular complexity index is 672. The van der Waals surface area contributed by atoms with Gasteiger partial charge in [-0.05, 0) is 34.5 Å². The third-order valence-electron chi connectivity index (χ3n) is 3.49. The van der Waals surface area contributed by atoms with Crippen LogP contribution in [0.2, 0.25) is 0 Å². The highest BCUT2D eigenvalue weighted by molar-refractivity contribution is 9.10. The van der Waals surface area contributed by atoms with E-state index in [1.165, 1.54) is 0 Å². The van der Waals surface area contributed by atoms with Crippen LogP contribution in [0.25, 0.3) is 0 Å². The number of halogens is 4. The fourth-order valence-electron chi connectivity index (χ4n) is 2.43. The largest absolute Gasteiger partial charge is 0.425 e. The van der Waals surface area contributed by atoms with Crippen molar-refractivity contribution in [2.24, 2.45) is 0 Å². The summed E-state index contributed by atoms with van der Waals surface area (Å²) in [5.41, 5.74) is 1.05. The van der Waals surface area contributed by atoms with E-state index in [1.54, 1.807) is 6.20 Å². The van der Waals surface area contributed by atoms with Gasteiger partial charge in [0.2, 0.25) is 0 Å². The van der Waals surface area contributed by atoms with E-state index < -0.39 is 11.1 Å². The summed E-state index contributed by atoms with van der Waals surface area (Å²) >= 11 is 3.98. The van der Waals surface area contributed by atoms with Crippen molar-refractivity contribution < 1.29 is 13.2 Å². The number of anilines is 1. The van der Waals surface area contributed by atoms with E-state index >= 15 is 0 Å². The van der Waals surface area contributed by atoms with Gasteiger partial charge < -0.3 is 10.6 Å². The Morgan fingerprint density at radius 1 is 1.45 bits per heavy atom. The van der Waals surface area contributed by atoms with Crippen LogP contribution in [0, 0.1) is 0 Å². The zero-order valence-corrected chi connectivity index (χ0v) is 13.8. The minimum atomic E-state index is -4.29. The van der Waals surface area contributed by atoms with Crippen LogP contribution in [-0.4, -0.2) is 11.5 Å². The number of nitrogens with zero attached hydrogens (tertiary/aromatic N) is 1. The molecule has 2 N–H and O–H groups in total. The number of aromatic nitrogens is 1. The molecule has 0 fully saturated rings. The van der Waals surface area contributed by atoms with E-state index in [0.29, 0.717) is 15.9 Å². The minimum Gasteiger partial charge on any atom is -0.370 e. The Morgan fingerprint density at radius 3 is 3.00 bits per heavy atom. The Labute approximate surface area is 138 Å². The number of hydrogen-bond donors (Lipinski definition) is 2. The van der Waals surface area contributed by atoms with E-state index in [4.69, 9.17) is 0 Å². The highest BCUT2D eigenvalue weighted by Crippen LogP contribution is 2.39. The van der Waals surface area contributed by atoms with Crippen molar-refractivity contribution in [2.45, 2.75) is 25.2 Å². The van der Waals surface area contributed by atoms with Gasteiger partial charge >= 0.3 is 6.18 Å². The number of nitrogens with one attached hydrogen (secondary N) is 2. The molecule has 3 nitrogen and oxygen atoms in total. The molecule has 0 bridgehead atoms.